The Hall–Kier alpha value is -1.46. The summed E-state index contributed by atoms with van der Waals surface area (Å²) in [4.78, 5) is 10.2. The number of thiazole rings is 2. The van der Waals surface area contributed by atoms with Gasteiger partial charge in [0.2, 0.25) is 0 Å². The van der Waals surface area contributed by atoms with Crippen molar-refractivity contribution in [2.24, 2.45) is 0 Å². The first-order valence-electron chi connectivity index (χ1n) is 6.17. The lowest BCUT2D eigenvalue weighted by molar-refractivity contribution is 0.837. The van der Waals surface area contributed by atoms with Crippen molar-refractivity contribution in [3.05, 3.63) is 39.3 Å². The Balaban J connectivity index is 1.85. The van der Waals surface area contributed by atoms with Gasteiger partial charge < -0.3 is 5.32 Å². The topological polar surface area (TPSA) is 37.8 Å². The van der Waals surface area contributed by atoms with Gasteiger partial charge >= 0.3 is 0 Å². The van der Waals surface area contributed by atoms with E-state index < -0.39 is 0 Å². The van der Waals surface area contributed by atoms with Crippen molar-refractivity contribution in [3.8, 4) is 0 Å². The average molecular weight is 289 g/mol. The van der Waals surface area contributed by atoms with Gasteiger partial charge in [-0.1, -0.05) is 0 Å². The first-order chi connectivity index (χ1) is 9.13. The molecule has 0 amide bonds. The van der Waals surface area contributed by atoms with E-state index in [1.54, 1.807) is 22.7 Å². The van der Waals surface area contributed by atoms with Gasteiger partial charge in [0.25, 0.3) is 0 Å². The molecule has 0 aliphatic carbocycles. The minimum atomic E-state index is 0.218. The fourth-order valence-corrected chi connectivity index (χ4v) is 3.84. The molecule has 0 saturated carbocycles. The lowest BCUT2D eigenvalue weighted by atomic mass is 10.2. The third-order valence-electron chi connectivity index (χ3n) is 3.06. The summed E-state index contributed by atoms with van der Waals surface area (Å²) >= 11 is 3.42. The van der Waals surface area contributed by atoms with Crippen LogP contribution < -0.4 is 5.32 Å². The molecule has 0 fully saturated rings. The van der Waals surface area contributed by atoms with E-state index in [2.05, 4.69) is 54.3 Å². The van der Waals surface area contributed by atoms with Gasteiger partial charge in [0.15, 0.2) is 0 Å². The Morgan fingerprint density at radius 2 is 2.11 bits per heavy atom. The maximum absolute atomic E-state index is 4.60. The molecule has 5 heteroatoms. The number of benzene rings is 1. The smallest absolute Gasteiger partial charge is 0.0901 e. The lowest BCUT2D eigenvalue weighted by Crippen LogP contribution is -2.08. The van der Waals surface area contributed by atoms with Crippen LogP contribution in [0.2, 0.25) is 0 Å². The summed E-state index contributed by atoms with van der Waals surface area (Å²) in [6.07, 6.45) is 0. The van der Waals surface area contributed by atoms with Gasteiger partial charge in [-0.25, -0.2) is 9.97 Å². The molecule has 3 nitrogen and oxygen atoms in total. The molecule has 1 aromatic carbocycles. The Morgan fingerprint density at radius 1 is 1.26 bits per heavy atom. The van der Waals surface area contributed by atoms with Crippen molar-refractivity contribution in [3.63, 3.8) is 0 Å². The highest BCUT2D eigenvalue weighted by molar-refractivity contribution is 7.16. The Morgan fingerprint density at radius 3 is 2.84 bits per heavy atom. The molecule has 3 aromatic rings. The molecule has 2 aromatic heterocycles. The monoisotopic (exact) mass is 289 g/mol. The number of aromatic nitrogens is 2. The number of aryl methyl sites for hydroxylation is 2. The summed E-state index contributed by atoms with van der Waals surface area (Å²) in [6, 6.07) is 6.50. The predicted molar refractivity (Wildman–Crippen MR) is 83.2 cm³/mol. The van der Waals surface area contributed by atoms with E-state index in [4.69, 9.17) is 0 Å². The molecule has 1 N–H and O–H groups in total. The second kappa shape index (κ2) is 4.90. The van der Waals surface area contributed by atoms with Crippen LogP contribution in [0.25, 0.3) is 10.2 Å². The van der Waals surface area contributed by atoms with Gasteiger partial charge in [-0.2, -0.15) is 0 Å². The van der Waals surface area contributed by atoms with Crippen LogP contribution in [0.5, 0.6) is 0 Å². The first-order valence-corrected chi connectivity index (χ1v) is 7.87. The number of nitrogens with zero attached hydrogens (tertiary/aromatic N) is 2. The zero-order valence-electron chi connectivity index (χ0n) is 11.1. The molecule has 1 atom stereocenters. The van der Waals surface area contributed by atoms with Gasteiger partial charge in [-0.05, 0) is 39.0 Å². The van der Waals surface area contributed by atoms with E-state index >= 15 is 0 Å². The largest absolute Gasteiger partial charge is 0.377 e. The highest BCUT2D eigenvalue weighted by Crippen LogP contribution is 2.27. The SMILES string of the molecule is Cc1nc(C(C)Nc2ccc3ncsc3c2)c(C)s1. The van der Waals surface area contributed by atoms with Crippen LogP contribution in [0.4, 0.5) is 5.69 Å². The molecule has 1 unspecified atom stereocenters. The molecule has 0 aliphatic heterocycles. The second-order valence-corrected chi connectivity index (χ2v) is 6.87. The van der Waals surface area contributed by atoms with Crippen molar-refractivity contribution < 1.29 is 0 Å². The molecular formula is C14H15N3S2. The molecule has 98 valence electrons. The number of fused-ring (bicyclic) bond motifs is 1. The third kappa shape index (κ3) is 2.48. The highest BCUT2D eigenvalue weighted by Gasteiger charge is 2.13. The van der Waals surface area contributed by atoms with Crippen LogP contribution in [-0.2, 0) is 0 Å². The number of hydrogen-bond donors (Lipinski definition) is 1. The Bertz CT molecular complexity index is 714. The lowest BCUT2D eigenvalue weighted by Gasteiger charge is -2.14. The summed E-state index contributed by atoms with van der Waals surface area (Å²) in [5.74, 6) is 0. The molecule has 2 heterocycles. The fraction of sp³-hybridized carbons (Fsp3) is 0.286. The van der Waals surface area contributed by atoms with Crippen LogP contribution in [-0.4, -0.2) is 9.97 Å². The molecule has 3 rings (SSSR count). The van der Waals surface area contributed by atoms with Gasteiger partial charge in [0, 0.05) is 10.6 Å². The zero-order valence-corrected chi connectivity index (χ0v) is 12.7. The standard InChI is InChI=1S/C14H15N3S2/c1-8(14-9(2)19-10(3)17-14)16-11-4-5-12-13(6-11)18-7-15-12/h4-8,16H,1-3H3. The van der Waals surface area contributed by atoms with Crippen LogP contribution in [0, 0.1) is 13.8 Å². The van der Waals surface area contributed by atoms with E-state index in [0.29, 0.717) is 0 Å². The van der Waals surface area contributed by atoms with E-state index in [9.17, 15) is 0 Å². The summed E-state index contributed by atoms with van der Waals surface area (Å²) in [5.41, 5.74) is 5.20. The second-order valence-electron chi connectivity index (χ2n) is 4.58. The number of nitrogens with one attached hydrogen (secondary N) is 1. The maximum atomic E-state index is 4.60. The number of anilines is 1. The van der Waals surface area contributed by atoms with E-state index in [1.807, 2.05) is 5.51 Å². The quantitative estimate of drug-likeness (QED) is 0.769. The van der Waals surface area contributed by atoms with Crippen LogP contribution in [0.1, 0.15) is 28.5 Å². The molecule has 0 radical (unpaired) electrons. The van der Waals surface area contributed by atoms with Crippen molar-refractivity contribution in [2.75, 3.05) is 5.32 Å². The summed E-state index contributed by atoms with van der Waals surface area (Å²) in [7, 11) is 0. The maximum Gasteiger partial charge on any atom is 0.0901 e. The molecular weight excluding hydrogens is 274 g/mol. The zero-order chi connectivity index (χ0) is 13.4. The van der Waals surface area contributed by atoms with Crippen LogP contribution in [0.15, 0.2) is 23.7 Å². The molecule has 0 spiro atoms. The van der Waals surface area contributed by atoms with Crippen molar-refractivity contribution in [1.82, 2.24) is 9.97 Å². The molecule has 0 bridgehead atoms. The molecule has 19 heavy (non-hydrogen) atoms. The first kappa shape index (κ1) is 12.6. The van der Waals surface area contributed by atoms with Crippen LogP contribution in [0.3, 0.4) is 0 Å². The Labute approximate surface area is 120 Å². The fourth-order valence-electron chi connectivity index (χ4n) is 2.21. The number of hydrogen-bond acceptors (Lipinski definition) is 5. The number of rotatable bonds is 3. The average Bonchev–Trinajstić information content (AvgIpc) is 2.94. The highest BCUT2D eigenvalue weighted by atomic mass is 32.1. The minimum absolute atomic E-state index is 0.218. The summed E-state index contributed by atoms with van der Waals surface area (Å²) in [5, 5.41) is 4.64. The molecule has 0 aliphatic rings. The van der Waals surface area contributed by atoms with Gasteiger partial charge in [0.05, 0.1) is 32.5 Å². The van der Waals surface area contributed by atoms with Gasteiger partial charge in [0.1, 0.15) is 0 Å². The van der Waals surface area contributed by atoms with Crippen LogP contribution >= 0.6 is 22.7 Å². The van der Waals surface area contributed by atoms with E-state index in [-0.39, 0.29) is 6.04 Å². The van der Waals surface area contributed by atoms with Crippen molar-refractivity contribution >= 4 is 38.6 Å². The summed E-state index contributed by atoms with van der Waals surface area (Å²) in [6.45, 7) is 6.33. The van der Waals surface area contributed by atoms with E-state index in [1.165, 1.54) is 9.58 Å². The normalized spacial score (nSPS) is 12.8. The summed E-state index contributed by atoms with van der Waals surface area (Å²) < 4.78 is 1.21. The predicted octanol–water partition coefficient (Wildman–Crippen LogP) is 4.54. The van der Waals surface area contributed by atoms with E-state index in [0.717, 1.165) is 21.9 Å². The molecule has 0 saturated heterocycles. The Kier molecular flexibility index (Phi) is 3.24. The van der Waals surface area contributed by atoms with Crippen molar-refractivity contribution in [1.29, 1.82) is 0 Å². The minimum Gasteiger partial charge on any atom is -0.377 e. The van der Waals surface area contributed by atoms with Crippen molar-refractivity contribution in [2.45, 2.75) is 26.8 Å². The van der Waals surface area contributed by atoms with Gasteiger partial charge in [-0.3, -0.25) is 0 Å². The van der Waals surface area contributed by atoms with Gasteiger partial charge in [-0.15, -0.1) is 22.7 Å². The third-order valence-corrected chi connectivity index (χ3v) is 4.76.